The standard InChI is InChI=1S/C15H20N2O3/c16-13(10-4-2-1-3-5-10)9-14(18)17-12-7-6-11(8-12)15(19)20/h1-5,11-13H,6-9,16H2,(H,17,18)(H,19,20). The molecular weight excluding hydrogens is 256 g/mol. The average molecular weight is 276 g/mol. The Morgan fingerprint density at radius 3 is 2.60 bits per heavy atom. The van der Waals surface area contributed by atoms with Gasteiger partial charge in [0.15, 0.2) is 0 Å². The number of hydrogen-bond acceptors (Lipinski definition) is 3. The van der Waals surface area contributed by atoms with E-state index >= 15 is 0 Å². The van der Waals surface area contributed by atoms with E-state index in [4.69, 9.17) is 10.8 Å². The van der Waals surface area contributed by atoms with Gasteiger partial charge in [-0.15, -0.1) is 0 Å². The van der Waals surface area contributed by atoms with Gasteiger partial charge in [-0.3, -0.25) is 9.59 Å². The molecule has 1 fully saturated rings. The van der Waals surface area contributed by atoms with Gasteiger partial charge in [-0.05, 0) is 24.8 Å². The lowest BCUT2D eigenvalue weighted by Gasteiger charge is -2.15. The van der Waals surface area contributed by atoms with Crippen LogP contribution in [0.25, 0.3) is 0 Å². The molecule has 3 unspecified atom stereocenters. The summed E-state index contributed by atoms with van der Waals surface area (Å²) in [5, 5.41) is 11.8. The third kappa shape index (κ3) is 3.81. The molecule has 1 aromatic carbocycles. The van der Waals surface area contributed by atoms with Gasteiger partial charge >= 0.3 is 5.97 Å². The molecule has 0 radical (unpaired) electrons. The number of rotatable bonds is 5. The van der Waals surface area contributed by atoms with Crippen molar-refractivity contribution >= 4 is 11.9 Å². The Hall–Kier alpha value is -1.88. The zero-order chi connectivity index (χ0) is 14.5. The molecule has 0 aliphatic heterocycles. The summed E-state index contributed by atoms with van der Waals surface area (Å²) in [5.41, 5.74) is 6.92. The summed E-state index contributed by atoms with van der Waals surface area (Å²) in [6.07, 6.45) is 2.09. The molecule has 1 aromatic rings. The molecule has 3 atom stereocenters. The quantitative estimate of drug-likeness (QED) is 0.759. The molecule has 0 saturated heterocycles. The lowest BCUT2D eigenvalue weighted by molar-refractivity contribution is -0.141. The van der Waals surface area contributed by atoms with Crippen LogP contribution < -0.4 is 11.1 Å². The fourth-order valence-corrected chi connectivity index (χ4v) is 2.64. The summed E-state index contributed by atoms with van der Waals surface area (Å²) < 4.78 is 0. The number of carboxylic acid groups (broad SMARTS) is 1. The maximum atomic E-state index is 11.9. The van der Waals surface area contributed by atoms with Crippen LogP contribution in [0, 0.1) is 5.92 Å². The molecule has 0 bridgehead atoms. The predicted molar refractivity (Wildman–Crippen MR) is 74.9 cm³/mol. The first-order valence-corrected chi connectivity index (χ1v) is 6.89. The number of carboxylic acids is 1. The predicted octanol–water partition coefficient (Wildman–Crippen LogP) is 1.45. The van der Waals surface area contributed by atoms with E-state index in [-0.39, 0.29) is 30.3 Å². The molecule has 1 aliphatic carbocycles. The van der Waals surface area contributed by atoms with Crippen LogP contribution in [0.4, 0.5) is 0 Å². The van der Waals surface area contributed by atoms with Crippen LogP contribution in [-0.4, -0.2) is 23.0 Å². The Balaban J connectivity index is 1.80. The van der Waals surface area contributed by atoms with Crippen molar-refractivity contribution in [3.05, 3.63) is 35.9 Å². The second kappa shape index (κ2) is 6.52. The average Bonchev–Trinajstić information content (AvgIpc) is 2.88. The molecule has 20 heavy (non-hydrogen) atoms. The lowest BCUT2D eigenvalue weighted by atomic mass is 10.0. The SMILES string of the molecule is NC(CC(=O)NC1CCC(C(=O)O)C1)c1ccccc1. The molecular formula is C15H20N2O3. The first-order chi connectivity index (χ1) is 9.56. The largest absolute Gasteiger partial charge is 0.481 e. The fraction of sp³-hybridized carbons (Fsp3) is 0.467. The van der Waals surface area contributed by atoms with E-state index in [0.717, 1.165) is 12.0 Å². The molecule has 0 spiro atoms. The number of nitrogens with two attached hydrogens (primary N) is 1. The number of hydrogen-bond donors (Lipinski definition) is 3. The minimum atomic E-state index is -0.775. The van der Waals surface area contributed by atoms with Gasteiger partial charge < -0.3 is 16.2 Å². The van der Waals surface area contributed by atoms with E-state index in [0.29, 0.717) is 12.8 Å². The van der Waals surface area contributed by atoms with Crippen LogP contribution in [0.1, 0.15) is 37.3 Å². The fourth-order valence-electron chi connectivity index (χ4n) is 2.64. The van der Waals surface area contributed by atoms with Crippen LogP contribution in [0.3, 0.4) is 0 Å². The smallest absolute Gasteiger partial charge is 0.306 e. The highest BCUT2D eigenvalue weighted by Gasteiger charge is 2.30. The second-order valence-electron chi connectivity index (χ2n) is 5.33. The third-order valence-corrected chi connectivity index (χ3v) is 3.78. The van der Waals surface area contributed by atoms with E-state index in [9.17, 15) is 9.59 Å². The molecule has 1 amide bonds. The van der Waals surface area contributed by atoms with Crippen molar-refractivity contribution in [2.75, 3.05) is 0 Å². The van der Waals surface area contributed by atoms with Gasteiger partial charge in [0.1, 0.15) is 0 Å². The summed E-state index contributed by atoms with van der Waals surface area (Å²) in [6.45, 7) is 0. The number of aliphatic carboxylic acids is 1. The van der Waals surface area contributed by atoms with Gasteiger partial charge in [0, 0.05) is 18.5 Å². The minimum absolute atomic E-state index is 0.0356. The highest BCUT2D eigenvalue weighted by atomic mass is 16.4. The third-order valence-electron chi connectivity index (χ3n) is 3.78. The first-order valence-electron chi connectivity index (χ1n) is 6.89. The van der Waals surface area contributed by atoms with Gasteiger partial charge in [0.05, 0.1) is 5.92 Å². The molecule has 1 saturated carbocycles. The minimum Gasteiger partial charge on any atom is -0.481 e. The molecule has 1 aliphatic rings. The van der Waals surface area contributed by atoms with Crippen molar-refractivity contribution < 1.29 is 14.7 Å². The summed E-state index contributed by atoms with van der Waals surface area (Å²) >= 11 is 0. The van der Waals surface area contributed by atoms with Crippen LogP contribution in [0.2, 0.25) is 0 Å². The Bertz CT molecular complexity index is 475. The van der Waals surface area contributed by atoms with E-state index in [1.807, 2.05) is 30.3 Å². The Morgan fingerprint density at radius 2 is 2.00 bits per heavy atom. The second-order valence-corrected chi connectivity index (χ2v) is 5.33. The van der Waals surface area contributed by atoms with Gasteiger partial charge in [-0.25, -0.2) is 0 Å². The van der Waals surface area contributed by atoms with Gasteiger partial charge in [0.25, 0.3) is 0 Å². The molecule has 0 aromatic heterocycles. The molecule has 5 heteroatoms. The van der Waals surface area contributed by atoms with Gasteiger partial charge in [-0.2, -0.15) is 0 Å². The zero-order valence-electron chi connectivity index (χ0n) is 11.3. The molecule has 108 valence electrons. The zero-order valence-corrected chi connectivity index (χ0v) is 11.3. The molecule has 5 nitrogen and oxygen atoms in total. The number of benzene rings is 1. The van der Waals surface area contributed by atoms with Crippen molar-refractivity contribution in [2.45, 2.75) is 37.8 Å². The normalized spacial score (nSPS) is 23.2. The van der Waals surface area contributed by atoms with Gasteiger partial charge in [0.2, 0.25) is 5.91 Å². The lowest BCUT2D eigenvalue weighted by Crippen LogP contribution is -2.35. The molecule has 2 rings (SSSR count). The number of carbonyl (C=O) groups excluding carboxylic acids is 1. The number of amides is 1. The van der Waals surface area contributed by atoms with Crippen molar-refractivity contribution in [3.63, 3.8) is 0 Å². The highest BCUT2D eigenvalue weighted by molar-refractivity contribution is 5.77. The van der Waals surface area contributed by atoms with Crippen molar-refractivity contribution in [2.24, 2.45) is 11.7 Å². The van der Waals surface area contributed by atoms with Gasteiger partial charge in [-0.1, -0.05) is 30.3 Å². The van der Waals surface area contributed by atoms with Crippen molar-refractivity contribution in [1.29, 1.82) is 0 Å². The summed E-state index contributed by atoms with van der Waals surface area (Å²) in [5.74, 6) is -1.22. The maximum Gasteiger partial charge on any atom is 0.306 e. The summed E-state index contributed by atoms with van der Waals surface area (Å²) in [6, 6.07) is 9.12. The van der Waals surface area contributed by atoms with Crippen molar-refractivity contribution in [3.8, 4) is 0 Å². The van der Waals surface area contributed by atoms with Crippen LogP contribution in [0.5, 0.6) is 0 Å². The molecule has 0 heterocycles. The molecule has 4 N–H and O–H groups in total. The van der Waals surface area contributed by atoms with Crippen LogP contribution >= 0.6 is 0 Å². The van der Waals surface area contributed by atoms with E-state index in [1.54, 1.807) is 0 Å². The van der Waals surface area contributed by atoms with Crippen molar-refractivity contribution in [1.82, 2.24) is 5.32 Å². The Labute approximate surface area is 118 Å². The highest BCUT2D eigenvalue weighted by Crippen LogP contribution is 2.26. The number of carbonyl (C=O) groups is 2. The summed E-state index contributed by atoms with van der Waals surface area (Å²) in [7, 11) is 0. The van der Waals surface area contributed by atoms with Crippen LogP contribution in [-0.2, 0) is 9.59 Å². The van der Waals surface area contributed by atoms with E-state index in [2.05, 4.69) is 5.32 Å². The summed E-state index contributed by atoms with van der Waals surface area (Å²) in [4.78, 5) is 22.8. The van der Waals surface area contributed by atoms with E-state index in [1.165, 1.54) is 0 Å². The topological polar surface area (TPSA) is 92.4 Å². The monoisotopic (exact) mass is 276 g/mol. The Kier molecular flexibility index (Phi) is 4.74. The Morgan fingerprint density at radius 1 is 1.30 bits per heavy atom. The van der Waals surface area contributed by atoms with E-state index < -0.39 is 5.97 Å². The maximum absolute atomic E-state index is 11.9. The number of nitrogens with one attached hydrogen (secondary N) is 1. The first kappa shape index (κ1) is 14.5. The van der Waals surface area contributed by atoms with Crippen LogP contribution in [0.15, 0.2) is 30.3 Å².